The maximum atomic E-state index is 13.4. The Balaban J connectivity index is 2.59. The zero-order valence-corrected chi connectivity index (χ0v) is 12.0. The molecule has 1 nitrogen and oxygen atoms in total. The molecule has 0 spiro atoms. The topological polar surface area (TPSA) is 17.1 Å². The van der Waals surface area contributed by atoms with Crippen molar-refractivity contribution in [2.45, 2.75) is 26.4 Å². The Labute approximate surface area is 109 Å². The maximum absolute atomic E-state index is 13.4. The van der Waals surface area contributed by atoms with Crippen molar-refractivity contribution in [1.82, 2.24) is 0 Å². The summed E-state index contributed by atoms with van der Waals surface area (Å²) in [4.78, 5) is 0. The van der Waals surface area contributed by atoms with Crippen LogP contribution < -0.4 is 10.6 Å². The Hall–Kier alpha value is -1.33. The van der Waals surface area contributed by atoms with Gasteiger partial charge in [0.1, 0.15) is 7.14 Å². The third-order valence-corrected chi connectivity index (χ3v) is 6.87. The highest BCUT2D eigenvalue weighted by Crippen LogP contribution is 2.48. The first-order valence-electron chi connectivity index (χ1n) is 6.27. The van der Waals surface area contributed by atoms with Crippen LogP contribution in [0.5, 0.6) is 0 Å². The molecule has 0 N–H and O–H groups in total. The normalized spacial score (nSPS) is 14.4. The van der Waals surface area contributed by atoms with E-state index < -0.39 is 7.14 Å². The predicted molar refractivity (Wildman–Crippen MR) is 79.6 cm³/mol. The van der Waals surface area contributed by atoms with E-state index in [0.29, 0.717) is 0 Å². The predicted octanol–water partition coefficient (Wildman–Crippen LogP) is 3.72. The van der Waals surface area contributed by atoms with Crippen molar-refractivity contribution in [2.24, 2.45) is 0 Å². The van der Waals surface area contributed by atoms with Gasteiger partial charge in [-0.1, -0.05) is 74.0 Å². The lowest BCUT2D eigenvalue weighted by Crippen LogP contribution is -2.22. The van der Waals surface area contributed by atoms with Gasteiger partial charge in [-0.3, -0.25) is 0 Å². The summed E-state index contributed by atoms with van der Waals surface area (Å²) < 4.78 is 13.4. The first-order chi connectivity index (χ1) is 8.55. The number of hydrogen-bond acceptors (Lipinski definition) is 1. The molecule has 0 aromatic heterocycles. The zero-order valence-electron chi connectivity index (χ0n) is 11.1. The Kier molecular flexibility index (Phi) is 3.73. The Morgan fingerprint density at radius 2 is 1.33 bits per heavy atom. The van der Waals surface area contributed by atoms with Crippen LogP contribution in [0.15, 0.2) is 54.6 Å². The van der Waals surface area contributed by atoms with Gasteiger partial charge in [0.15, 0.2) is 0 Å². The number of benzene rings is 2. The minimum absolute atomic E-state index is 0.114. The fraction of sp³-hybridized carbons (Fsp3) is 0.250. The highest BCUT2D eigenvalue weighted by molar-refractivity contribution is 7.79. The van der Waals surface area contributed by atoms with Crippen molar-refractivity contribution in [2.75, 3.05) is 0 Å². The van der Waals surface area contributed by atoms with Crippen LogP contribution in [0.2, 0.25) is 0 Å². The minimum Gasteiger partial charge on any atom is -0.313 e. The van der Waals surface area contributed by atoms with Crippen LogP contribution >= 0.6 is 7.14 Å². The summed E-state index contributed by atoms with van der Waals surface area (Å²) in [7, 11) is -2.52. The van der Waals surface area contributed by atoms with Gasteiger partial charge in [0, 0.05) is 16.3 Å². The molecule has 0 bridgehead atoms. The summed E-state index contributed by atoms with van der Waals surface area (Å²) in [5, 5.41) is 1.90. The second kappa shape index (κ2) is 5.12. The molecule has 0 radical (unpaired) electrons. The van der Waals surface area contributed by atoms with Crippen molar-refractivity contribution < 1.29 is 4.57 Å². The second-order valence-corrected chi connectivity index (χ2v) is 8.30. The van der Waals surface area contributed by atoms with Crippen LogP contribution in [0.3, 0.4) is 0 Å². The highest BCUT2D eigenvalue weighted by Gasteiger charge is 2.30. The van der Waals surface area contributed by atoms with Crippen LogP contribution in [-0.2, 0) is 4.57 Å². The van der Waals surface area contributed by atoms with Gasteiger partial charge in [-0.25, -0.2) is 0 Å². The van der Waals surface area contributed by atoms with Gasteiger partial charge in [-0.05, 0) is 6.92 Å². The van der Waals surface area contributed by atoms with Crippen molar-refractivity contribution in [3.8, 4) is 0 Å². The van der Waals surface area contributed by atoms with E-state index >= 15 is 0 Å². The third-order valence-electron chi connectivity index (χ3n) is 3.28. The van der Waals surface area contributed by atoms with Crippen molar-refractivity contribution in [3.63, 3.8) is 0 Å². The summed E-state index contributed by atoms with van der Waals surface area (Å²) in [6, 6.07) is 17.9. The molecule has 94 valence electrons. The third kappa shape index (κ3) is 2.28. The summed E-state index contributed by atoms with van der Waals surface area (Å²) >= 11 is 0. The van der Waals surface area contributed by atoms with Gasteiger partial charge in [0.2, 0.25) is 0 Å². The molecule has 0 aliphatic rings. The second-order valence-electron chi connectivity index (χ2n) is 4.92. The van der Waals surface area contributed by atoms with E-state index in [1.54, 1.807) is 0 Å². The molecule has 0 amide bonds. The molecule has 0 saturated carbocycles. The molecule has 2 heteroatoms. The minimum atomic E-state index is -2.52. The largest absolute Gasteiger partial charge is 0.313 e. The molecule has 2 rings (SSSR count). The highest BCUT2D eigenvalue weighted by atomic mass is 31.2. The smallest absolute Gasteiger partial charge is 0.145 e. The monoisotopic (exact) mass is 258 g/mol. The lowest BCUT2D eigenvalue weighted by atomic mass is 10.2. The average Bonchev–Trinajstić information content (AvgIpc) is 2.39. The molecule has 18 heavy (non-hydrogen) atoms. The van der Waals surface area contributed by atoms with Gasteiger partial charge < -0.3 is 4.57 Å². The molecular formula is C16H19OP. The number of aryl methyl sites for hydroxylation is 1. The van der Waals surface area contributed by atoms with E-state index in [2.05, 4.69) is 0 Å². The molecule has 1 unspecified atom stereocenters. The van der Waals surface area contributed by atoms with Crippen LogP contribution in [0.25, 0.3) is 0 Å². The van der Waals surface area contributed by atoms with Gasteiger partial charge in [-0.2, -0.15) is 0 Å². The van der Waals surface area contributed by atoms with E-state index in [4.69, 9.17) is 0 Å². The van der Waals surface area contributed by atoms with Crippen molar-refractivity contribution >= 4 is 17.8 Å². The average molecular weight is 258 g/mol. The van der Waals surface area contributed by atoms with E-state index in [0.717, 1.165) is 10.6 Å². The van der Waals surface area contributed by atoms with Crippen molar-refractivity contribution in [1.29, 1.82) is 0 Å². The standard InChI is InChI=1S/C16H19OP/c1-13(2)18(17,15-7-5-4-6-8-15)16-11-9-14(3)10-12-16/h4-13H,1-3H3. The number of hydrogen-bond donors (Lipinski definition) is 0. The van der Waals surface area contributed by atoms with Gasteiger partial charge in [0.25, 0.3) is 0 Å². The zero-order chi connectivity index (χ0) is 13.2. The van der Waals surface area contributed by atoms with E-state index in [9.17, 15) is 4.57 Å². The fourth-order valence-corrected chi connectivity index (χ4v) is 4.86. The van der Waals surface area contributed by atoms with Gasteiger partial charge in [-0.15, -0.1) is 0 Å². The molecular weight excluding hydrogens is 239 g/mol. The molecule has 0 aliphatic heterocycles. The van der Waals surface area contributed by atoms with Gasteiger partial charge >= 0.3 is 0 Å². The Morgan fingerprint density at radius 1 is 0.833 bits per heavy atom. The van der Waals surface area contributed by atoms with E-state index in [1.165, 1.54) is 5.56 Å². The molecule has 0 aliphatic carbocycles. The van der Waals surface area contributed by atoms with Crippen molar-refractivity contribution in [3.05, 3.63) is 60.2 Å². The van der Waals surface area contributed by atoms with Crippen LogP contribution in [-0.4, -0.2) is 5.66 Å². The molecule has 2 aromatic rings. The summed E-state index contributed by atoms with van der Waals surface area (Å²) in [5.41, 5.74) is 1.31. The van der Waals surface area contributed by atoms with Crippen LogP contribution in [0.4, 0.5) is 0 Å². The molecule has 0 fully saturated rings. The molecule has 2 aromatic carbocycles. The first-order valence-corrected chi connectivity index (χ1v) is 8.05. The summed E-state index contributed by atoms with van der Waals surface area (Å²) in [6.45, 7) is 6.12. The Bertz CT molecular complexity index is 555. The fourth-order valence-electron chi connectivity index (χ4n) is 2.16. The maximum Gasteiger partial charge on any atom is 0.145 e. The molecule has 0 heterocycles. The first kappa shape index (κ1) is 13.1. The Morgan fingerprint density at radius 3 is 1.83 bits per heavy atom. The molecule has 1 atom stereocenters. The quantitative estimate of drug-likeness (QED) is 0.767. The summed E-state index contributed by atoms with van der Waals surface area (Å²) in [5.74, 6) is 0. The SMILES string of the molecule is Cc1ccc(P(=O)(c2ccccc2)C(C)C)cc1. The number of rotatable bonds is 3. The van der Waals surface area contributed by atoms with Crippen LogP contribution in [0.1, 0.15) is 19.4 Å². The van der Waals surface area contributed by atoms with E-state index in [-0.39, 0.29) is 5.66 Å². The summed E-state index contributed by atoms with van der Waals surface area (Å²) in [6.07, 6.45) is 0. The lowest BCUT2D eigenvalue weighted by Gasteiger charge is -2.23. The lowest BCUT2D eigenvalue weighted by molar-refractivity contribution is 0.581. The van der Waals surface area contributed by atoms with Crippen LogP contribution in [0, 0.1) is 6.92 Å². The molecule has 0 saturated heterocycles. The van der Waals surface area contributed by atoms with E-state index in [1.807, 2.05) is 75.4 Å². The van der Waals surface area contributed by atoms with Gasteiger partial charge in [0.05, 0.1) is 0 Å².